The van der Waals surface area contributed by atoms with Gasteiger partial charge in [0, 0.05) is 18.9 Å². The maximum atomic E-state index is 11.7. The molecule has 1 saturated heterocycles. The van der Waals surface area contributed by atoms with Gasteiger partial charge in [0.1, 0.15) is 4.88 Å². The minimum Gasteiger partial charge on any atom is -0.477 e. The number of amides is 1. The molecule has 1 amide bonds. The average Bonchev–Trinajstić information content (AvgIpc) is 2.81. The smallest absolute Gasteiger partial charge is 0.347 e. The number of carbonyl (C=O) groups is 2. The molecule has 0 aliphatic carbocycles. The van der Waals surface area contributed by atoms with E-state index >= 15 is 0 Å². The minimum absolute atomic E-state index is 0.0272. The third-order valence-corrected chi connectivity index (χ3v) is 3.87. The average molecular weight is 252 g/mol. The monoisotopic (exact) mass is 252 g/mol. The van der Waals surface area contributed by atoms with Gasteiger partial charge in [-0.3, -0.25) is 9.69 Å². The Hall–Kier alpha value is -1.69. The van der Waals surface area contributed by atoms with Crippen molar-refractivity contribution in [1.82, 2.24) is 4.98 Å². The second-order valence-electron chi connectivity index (χ2n) is 3.92. The number of anilines is 1. The van der Waals surface area contributed by atoms with Crippen LogP contribution in [0.15, 0.2) is 12.7 Å². The molecule has 2 rings (SSSR count). The van der Waals surface area contributed by atoms with E-state index in [0.29, 0.717) is 23.8 Å². The predicted molar refractivity (Wildman–Crippen MR) is 64.5 cm³/mol. The molecule has 1 aromatic heterocycles. The molecule has 2 heterocycles. The van der Waals surface area contributed by atoms with E-state index in [1.54, 1.807) is 13.0 Å². The summed E-state index contributed by atoms with van der Waals surface area (Å²) < 4.78 is 0. The molecular formula is C11H12N2O3S. The normalized spacial score (nSPS) is 19.7. The van der Waals surface area contributed by atoms with Gasteiger partial charge >= 0.3 is 5.97 Å². The lowest BCUT2D eigenvalue weighted by Gasteiger charge is -2.11. The molecular weight excluding hydrogens is 240 g/mol. The fourth-order valence-corrected chi connectivity index (χ4v) is 2.71. The van der Waals surface area contributed by atoms with Gasteiger partial charge in [-0.15, -0.1) is 6.58 Å². The number of thiazole rings is 1. The predicted octanol–water partition coefficient (Wildman–Crippen LogP) is 1.69. The van der Waals surface area contributed by atoms with Gasteiger partial charge in [-0.1, -0.05) is 17.4 Å². The molecule has 1 N–H and O–H groups in total. The first-order valence-corrected chi connectivity index (χ1v) is 5.98. The highest BCUT2D eigenvalue weighted by atomic mass is 32.1. The Bertz CT molecular complexity index is 495. The maximum Gasteiger partial charge on any atom is 0.347 e. The maximum absolute atomic E-state index is 11.7. The fraction of sp³-hybridized carbons (Fsp3) is 0.364. The molecule has 1 fully saturated rings. The summed E-state index contributed by atoms with van der Waals surface area (Å²) in [4.78, 5) is 28.5. The van der Waals surface area contributed by atoms with E-state index in [1.807, 2.05) is 0 Å². The molecule has 1 aromatic rings. The molecule has 0 spiro atoms. The quantitative estimate of drug-likeness (QED) is 0.831. The van der Waals surface area contributed by atoms with Crippen LogP contribution >= 0.6 is 11.3 Å². The van der Waals surface area contributed by atoms with Crippen molar-refractivity contribution in [2.24, 2.45) is 5.92 Å². The summed E-state index contributed by atoms with van der Waals surface area (Å²) in [7, 11) is 0. The number of hydrogen-bond donors (Lipinski definition) is 1. The van der Waals surface area contributed by atoms with Crippen LogP contribution < -0.4 is 4.90 Å². The van der Waals surface area contributed by atoms with Crippen LogP contribution in [0, 0.1) is 12.8 Å². The van der Waals surface area contributed by atoms with Crippen molar-refractivity contribution < 1.29 is 14.7 Å². The van der Waals surface area contributed by atoms with Crippen molar-refractivity contribution in [3.8, 4) is 0 Å². The van der Waals surface area contributed by atoms with Crippen LogP contribution in [0.1, 0.15) is 21.8 Å². The van der Waals surface area contributed by atoms with Crippen molar-refractivity contribution >= 4 is 28.3 Å². The van der Waals surface area contributed by atoms with E-state index < -0.39 is 5.97 Å². The number of rotatable bonds is 3. The lowest BCUT2D eigenvalue weighted by molar-refractivity contribution is -0.117. The van der Waals surface area contributed by atoms with Crippen LogP contribution in [0.4, 0.5) is 5.13 Å². The highest BCUT2D eigenvalue weighted by molar-refractivity contribution is 7.17. The summed E-state index contributed by atoms with van der Waals surface area (Å²) in [5.41, 5.74) is 0.451. The van der Waals surface area contributed by atoms with Gasteiger partial charge in [-0.25, -0.2) is 9.78 Å². The Morgan fingerprint density at radius 2 is 2.41 bits per heavy atom. The van der Waals surface area contributed by atoms with E-state index in [2.05, 4.69) is 11.6 Å². The van der Waals surface area contributed by atoms with E-state index in [-0.39, 0.29) is 16.7 Å². The number of carbonyl (C=O) groups excluding carboxylic acids is 1. The zero-order valence-electron chi connectivity index (χ0n) is 9.34. The molecule has 6 heteroatoms. The third-order valence-electron chi connectivity index (χ3n) is 2.70. The summed E-state index contributed by atoms with van der Waals surface area (Å²) in [5.74, 6) is -0.904. The number of aryl methyl sites for hydroxylation is 1. The van der Waals surface area contributed by atoms with Crippen molar-refractivity contribution in [3.05, 3.63) is 23.2 Å². The summed E-state index contributed by atoms with van der Waals surface area (Å²) >= 11 is 1.04. The Balaban J connectivity index is 2.29. The topological polar surface area (TPSA) is 70.5 Å². The van der Waals surface area contributed by atoms with Gasteiger partial charge in [0.2, 0.25) is 5.91 Å². The number of carboxylic acids is 1. The first kappa shape index (κ1) is 11.8. The van der Waals surface area contributed by atoms with Gasteiger partial charge in [-0.05, 0) is 6.92 Å². The highest BCUT2D eigenvalue weighted by Crippen LogP contribution is 2.31. The van der Waals surface area contributed by atoms with Crippen molar-refractivity contribution in [2.45, 2.75) is 13.3 Å². The Morgan fingerprint density at radius 1 is 1.71 bits per heavy atom. The molecule has 1 aliphatic rings. The largest absolute Gasteiger partial charge is 0.477 e. The van der Waals surface area contributed by atoms with Crippen LogP contribution in [-0.4, -0.2) is 28.5 Å². The molecule has 5 nitrogen and oxygen atoms in total. The Kier molecular flexibility index (Phi) is 2.97. The number of nitrogens with zero attached hydrogens (tertiary/aromatic N) is 2. The lowest BCUT2D eigenvalue weighted by atomic mass is 10.1. The standard InChI is InChI=1S/C11H12N2O3S/c1-3-7-4-8(14)13(5-7)11-12-6(2)9(17-11)10(15)16/h3,7H,1,4-5H2,2H3,(H,15,16). The molecule has 0 bridgehead atoms. The van der Waals surface area contributed by atoms with Gasteiger partial charge < -0.3 is 5.11 Å². The zero-order chi connectivity index (χ0) is 12.6. The van der Waals surface area contributed by atoms with Crippen LogP contribution in [0.25, 0.3) is 0 Å². The first-order valence-electron chi connectivity index (χ1n) is 5.16. The molecule has 1 aliphatic heterocycles. The summed E-state index contributed by atoms with van der Waals surface area (Å²) in [6, 6.07) is 0. The number of aromatic nitrogens is 1. The van der Waals surface area contributed by atoms with Crippen LogP contribution in [0.5, 0.6) is 0 Å². The summed E-state index contributed by atoms with van der Waals surface area (Å²) in [6.07, 6.45) is 2.17. The summed E-state index contributed by atoms with van der Waals surface area (Å²) in [5, 5.41) is 9.40. The molecule has 0 aromatic carbocycles. The van der Waals surface area contributed by atoms with Gasteiger partial charge in [0.15, 0.2) is 5.13 Å². The van der Waals surface area contributed by atoms with Crippen LogP contribution in [0.2, 0.25) is 0 Å². The van der Waals surface area contributed by atoms with E-state index in [0.717, 1.165) is 11.3 Å². The third kappa shape index (κ3) is 2.08. The summed E-state index contributed by atoms with van der Waals surface area (Å²) in [6.45, 7) is 5.84. The van der Waals surface area contributed by atoms with Crippen LogP contribution in [-0.2, 0) is 4.79 Å². The second kappa shape index (κ2) is 4.29. The minimum atomic E-state index is -1.00. The van der Waals surface area contributed by atoms with E-state index in [9.17, 15) is 9.59 Å². The molecule has 17 heavy (non-hydrogen) atoms. The number of hydrogen-bond acceptors (Lipinski definition) is 4. The Labute approximate surface area is 102 Å². The van der Waals surface area contributed by atoms with Crippen molar-refractivity contribution in [1.29, 1.82) is 0 Å². The van der Waals surface area contributed by atoms with Gasteiger partial charge in [0.05, 0.1) is 5.69 Å². The van der Waals surface area contributed by atoms with E-state index in [1.165, 1.54) is 4.90 Å². The zero-order valence-corrected chi connectivity index (χ0v) is 10.2. The van der Waals surface area contributed by atoms with Gasteiger partial charge in [0.25, 0.3) is 0 Å². The molecule has 90 valence electrons. The highest BCUT2D eigenvalue weighted by Gasteiger charge is 2.31. The van der Waals surface area contributed by atoms with Crippen molar-refractivity contribution in [3.63, 3.8) is 0 Å². The molecule has 1 atom stereocenters. The molecule has 0 radical (unpaired) electrons. The molecule has 1 unspecified atom stereocenters. The second-order valence-corrected chi connectivity index (χ2v) is 4.90. The number of aromatic carboxylic acids is 1. The molecule has 0 saturated carbocycles. The van der Waals surface area contributed by atoms with Gasteiger partial charge in [-0.2, -0.15) is 0 Å². The lowest BCUT2D eigenvalue weighted by Crippen LogP contribution is -2.24. The van der Waals surface area contributed by atoms with E-state index in [4.69, 9.17) is 5.11 Å². The van der Waals surface area contributed by atoms with Crippen LogP contribution in [0.3, 0.4) is 0 Å². The number of carboxylic acid groups (broad SMARTS) is 1. The van der Waals surface area contributed by atoms with Crippen molar-refractivity contribution in [2.75, 3.05) is 11.4 Å². The SMILES string of the molecule is C=CC1CC(=O)N(c2nc(C)c(C(=O)O)s2)C1. The Morgan fingerprint density at radius 3 is 2.88 bits per heavy atom. The fourth-order valence-electron chi connectivity index (χ4n) is 1.77. The first-order chi connectivity index (χ1) is 8.02.